The predicted molar refractivity (Wildman–Crippen MR) is 143 cm³/mol. The molecule has 10 heteroatoms. The minimum Gasteiger partial charge on any atom is -0.481 e. The summed E-state index contributed by atoms with van der Waals surface area (Å²) in [4.78, 5) is 28.1. The van der Waals surface area contributed by atoms with E-state index in [1.54, 1.807) is 27.0 Å². The van der Waals surface area contributed by atoms with E-state index in [0.29, 0.717) is 24.3 Å². The van der Waals surface area contributed by atoms with E-state index in [2.05, 4.69) is 4.98 Å². The SMILES string of the molecule is CC(C)(C)OC(=O)N(CCCCC(CCCc1cccnc1)CCC(=O)O)S(=O)(=O)c1ccc(Cl)cc1. The molecule has 0 aliphatic heterocycles. The molecule has 2 rings (SSSR count). The van der Waals surface area contributed by atoms with E-state index in [1.807, 2.05) is 18.3 Å². The molecule has 0 saturated carbocycles. The van der Waals surface area contributed by atoms with E-state index in [9.17, 15) is 18.0 Å². The highest BCUT2D eigenvalue weighted by molar-refractivity contribution is 7.89. The maximum absolute atomic E-state index is 13.3. The Morgan fingerprint density at radius 2 is 1.73 bits per heavy atom. The minimum atomic E-state index is -4.14. The summed E-state index contributed by atoms with van der Waals surface area (Å²) in [6, 6.07) is 9.55. The number of hydrogen-bond acceptors (Lipinski definition) is 6. The van der Waals surface area contributed by atoms with Crippen LogP contribution in [-0.2, 0) is 26.0 Å². The quantitative estimate of drug-likeness (QED) is 0.272. The van der Waals surface area contributed by atoms with E-state index in [-0.39, 0.29) is 23.8 Å². The van der Waals surface area contributed by atoms with Gasteiger partial charge in [0.05, 0.1) is 4.90 Å². The van der Waals surface area contributed by atoms with E-state index in [4.69, 9.17) is 21.4 Å². The monoisotopic (exact) mass is 552 g/mol. The summed E-state index contributed by atoms with van der Waals surface area (Å²) in [6.45, 7) is 4.99. The summed E-state index contributed by atoms with van der Waals surface area (Å²) in [5.41, 5.74) is 0.279. The van der Waals surface area contributed by atoms with Gasteiger partial charge in [0.25, 0.3) is 10.0 Å². The minimum absolute atomic E-state index is 0.0405. The number of benzene rings is 1. The van der Waals surface area contributed by atoms with Crippen LogP contribution in [0, 0.1) is 5.92 Å². The molecule has 1 aromatic carbocycles. The molecule has 204 valence electrons. The fraction of sp³-hybridized carbons (Fsp3) is 0.519. The van der Waals surface area contributed by atoms with Crippen molar-refractivity contribution in [2.45, 2.75) is 82.6 Å². The first-order valence-corrected chi connectivity index (χ1v) is 14.3. The molecule has 1 heterocycles. The number of carboxylic acid groups (broad SMARTS) is 1. The number of unbranched alkanes of at least 4 members (excludes halogenated alkanes) is 1. The third kappa shape index (κ3) is 11.1. The summed E-state index contributed by atoms with van der Waals surface area (Å²) < 4.78 is 32.7. The van der Waals surface area contributed by atoms with Crippen LogP contribution in [0.3, 0.4) is 0 Å². The number of aliphatic carboxylic acids is 1. The van der Waals surface area contributed by atoms with Gasteiger partial charge in [-0.2, -0.15) is 0 Å². The van der Waals surface area contributed by atoms with E-state index < -0.39 is 27.7 Å². The molecule has 0 aliphatic rings. The van der Waals surface area contributed by atoms with Gasteiger partial charge in [-0.1, -0.05) is 36.9 Å². The Morgan fingerprint density at radius 3 is 2.32 bits per heavy atom. The number of pyridine rings is 1. The average Bonchev–Trinajstić information content (AvgIpc) is 2.81. The number of aryl methyl sites for hydroxylation is 1. The summed E-state index contributed by atoms with van der Waals surface area (Å²) in [5.74, 6) is -0.641. The van der Waals surface area contributed by atoms with Crippen molar-refractivity contribution in [1.82, 2.24) is 9.29 Å². The van der Waals surface area contributed by atoms with Crippen molar-refractivity contribution in [1.29, 1.82) is 0 Å². The average molecular weight is 553 g/mol. The van der Waals surface area contributed by atoms with E-state index in [0.717, 1.165) is 35.6 Å². The van der Waals surface area contributed by atoms with Crippen molar-refractivity contribution in [3.8, 4) is 0 Å². The summed E-state index contributed by atoms with van der Waals surface area (Å²) in [6.07, 6.45) is 7.73. The van der Waals surface area contributed by atoms with Gasteiger partial charge in [0.1, 0.15) is 5.60 Å². The van der Waals surface area contributed by atoms with Gasteiger partial charge in [0, 0.05) is 30.4 Å². The van der Waals surface area contributed by atoms with Crippen molar-refractivity contribution in [3.05, 3.63) is 59.4 Å². The molecule has 1 N–H and O–H groups in total. The number of ether oxygens (including phenoxy) is 1. The third-order valence-electron chi connectivity index (χ3n) is 5.79. The zero-order valence-corrected chi connectivity index (χ0v) is 23.3. The highest BCUT2D eigenvalue weighted by atomic mass is 35.5. The van der Waals surface area contributed by atoms with Crippen molar-refractivity contribution >= 4 is 33.7 Å². The van der Waals surface area contributed by atoms with Gasteiger partial charge < -0.3 is 9.84 Å². The fourth-order valence-corrected chi connectivity index (χ4v) is 5.41. The lowest BCUT2D eigenvalue weighted by molar-refractivity contribution is -0.137. The molecule has 1 amide bonds. The van der Waals surface area contributed by atoms with Crippen LogP contribution in [0.5, 0.6) is 0 Å². The molecular weight excluding hydrogens is 516 g/mol. The molecule has 37 heavy (non-hydrogen) atoms. The summed E-state index contributed by atoms with van der Waals surface area (Å²) >= 11 is 5.90. The van der Waals surface area contributed by atoms with E-state index >= 15 is 0 Å². The van der Waals surface area contributed by atoms with Crippen LogP contribution in [0.25, 0.3) is 0 Å². The normalized spacial score (nSPS) is 12.6. The van der Waals surface area contributed by atoms with Crippen LogP contribution >= 0.6 is 11.6 Å². The number of carbonyl (C=O) groups excluding carboxylic acids is 1. The van der Waals surface area contributed by atoms with Gasteiger partial charge >= 0.3 is 12.1 Å². The second kappa shape index (κ2) is 14.3. The van der Waals surface area contributed by atoms with Gasteiger partial charge in [0.2, 0.25) is 0 Å². The maximum Gasteiger partial charge on any atom is 0.424 e. The van der Waals surface area contributed by atoms with Crippen molar-refractivity contribution < 1.29 is 27.9 Å². The number of aromatic nitrogens is 1. The zero-order chi connectivity index (χ0) is 27.5. The number of amides is 1. The van der Waals surface area contributed by atoms with Gasteiger partial charge in [-0.3, -0.25) is 9.78 Å². The van der Waals surface area contributed by atoms with E-state index in [1.165, 1.54) is 24.3 Å². The fourth-order valence-electron chi connectivity index (χ4n) is 3.95. The largest absolute Gasteiger partial charge is 0.481 e. The Morgan fingerprint density at radius 1 is 1.05 bits per heavy atom. The first kappa shape index (κ1) is 30.6. The van der Waals surface area contributed by atoms with Gasteiger partial charge in [0.15, 0.2) is 0 Å². The van der Waals surface area contributed by atoms with Crippen molar-refractivity contribution in [2.24, 2.45) is 5.92 Å². The molecule has 8 nitrogen and oxygen atoms in total. The Hall–Kier alpha value is -2.65. The molecule has 1 aromatic heterocycles. The lowest BCUT2D eigenvalue weighted by atomic mass is 9.91. The Balaban J connectivity index is 2.02. The molecule has 0 saturated heterocycles. The number of rotatable bonds is 14. The Labute approximate surface area is 225 Å². The molecule has 1 atom stereocenters. The molecule has 0 fully saturated rings. The van der Waals surface area contributed by atoms with Crippen molar-refractivity contribution in [3.63, 3.8) is 0 Å². The topological polar surface area (TPSA) is 114 Å². The number of sulfonamides is 1. The standard InChI is InChI=1S/C27H37ClN2O6S/c1-27(2,3)36-26(33)30(37(34,35)24-15-13-23(28)14-16-24)19-5-4-8-21(12-17-25(31)32)9-6-10-22-11-7-18-29-20-22/h7,11,13-16,18,20-21H,4-6,8-10,12,17,19H2,1-3H3,(H,31,32). The number of carbonyl (C=O) groups is 2. The van der Waals surface area contributed by atoms with Crippen LogP contribution in [-0.4, -0.2) is 47.0 Å². The van der Waals surface area contributed by atoms with Crippen LogP contribution in [0.15, 0.2) is 53.7 Å². The van der Waals surface area contributed by atoms with Crippen LogP contribution in [0.2, 0.25) is 5.02 Å². The predicted octanol–water partition coefficient (Wildman–Crippen LogP) is 6.34. The highest BCUT2D eigenvalue weighted by Gasteiger charge is 2.32. The lowest BCUT2D eigenvalue weighted by Gasteiger charge is -2.27. The number of carboxylic acids is 1. The van der Waals surface area contributed by atoms with Gasteiger partial charge in [-0.05, 0) is 88.3 Å². The molecular formula is C27H37ClN2O6S. The molecule has 1 unspecified atom stereocenters. The lowest BCUT2D eigenvalue weighted by Crippen LogP contribution is -2.41. The van der Waals surface area contributed by atoms with Gasteiger partial charge in [-0.25, -0.2) is 17.5 Å². The molecule has 0 bridgehead atoms. The molecule has 0 aliphatic carbocycles. The van der Waals surface area contributed by atoms with Crippen LogP contribution < -0.4 is 0 Å². The number of hydrogen-bond donors (Lipinski definition) is 1. The first-order valence-electron chi connectivity index (χ1n) is 12.5. The second-order valence-corrected chi connectivity index (χ2v) is 12.4. The number of nitrogens with zero attached hydrogens (tertiary/aromatic N) is 2. The van der Waals surface area contributed by atoms with Gasteiger partial charge in [-0.15, -0.1) is 0 Å². The van der Waals surface area contributed by atoms with Crippen molar-refractivity contribution in [2.75, 3.05) is 6.54 Å². The third-order valence-corrected chi connectivity index (χ3v) is 7.82. The van der Waals surface area contributed by atoms with Crippen LogP contribution in [0.4, 0.5) is 4.79 Å². The maximum atomic E-state index is 13.3. The molecule has 2 aromatic rings. The summed E-state index contributed by atoms with van der Waals surface area (Å²) in [7, 11) is -4.14. The summed E-state index contributed by atoms with van der Waals surface area (Å²) in [5, 5.41) is 9.53. The number of halogens is 1. The smallest absolute Gasteiger partial charge is 0.424 e. The Kier molecular flexibility index (Phi) is 11.8. The molecule has 0 spiro atoms. The Bertz CT molecular complexity index is 1100. The highest BCUT2D eigenvalue weighted by Crippen LogP contribution is 2.25. The second-order valence-electron chi connectivity index (χ2n) is 10.1. The molecule has 0 radical (unpaired) electrons. The first-order chi connectivity index (χ1) is 17.4. The van der Waals surface area contributed by atoms with Crippen LogP contribution in [0.1, 0.15) is 71.3 Å². The zero-order valence-electron chi connectivity index (χ0n) is 21.7.